The lowest BCUT2D eigenvalue weighted by atomic mass is 10.1. The van der Waals surface area contributed by atoms with Crippen molar-refractivity contribution in [1.82, 2.24) is 4.98 Å². The maximum Gasteiger partial charge on any atom is 0.265 e. The molecule has 5 rings (SSSR count). The molecule has 1 atom stereocenters. The number of hydrogen-bond donors (Lipinski definition) is 1. The van der Waals surface area contributed by atoms with Crippen molar-refractivity contribution in [3.63, 3.8) is 0 Å². The van der Waals surface area contributed by atoms with Gasteiger partial charge in [-0.05, 0) is 66.8 Å². The van der Waals surface area contributed by atoms with E-state index in [1.165, 1.54) is 23.7 Å². The molecule has 11 heteroatoms. The zero-order chi connectivity index (χ0) is 25.4. The third kappa shape index (κ3) is 5.44. The van der Waals surface area contributed by atoms with E-state index in [0.717, 1.165) is 10.1 Å². The zero-order valence-corrected chi connectivity index (χ0v) is 22.1. The predicted octanol–water partition coefficient (Wildman–Crippen LogP) is 6.91. The molecule has 1 aliphatic heterocycles. The zero-order valence-electron chi connectivity index (χ0n) is 19.0. The highest BCUT2D eigenvalue weighted by Gasteiger charge is 2.29. The van der Waals surface area contributed by atoms with Crippen LogP contribution in [0.2, 0.25) is 10.2 Å². The van der Waals surface area contributed by atoms with Gasteiger partial charge in [0.15, 0.2) is 9.84 Å². The van der Waals surface area contributed by atoms with Gasteiger partial charge in [0.25, 0.3) is 5.91 Å². The highest BCUT2D eigenvalue weighted by atomic mass is 35.5. The molecule has 4 aromatic rings. The van der Waals surface area contributed by atoms with E-state index in [1.54, 1.807) is 36.4 Å². The summed E-state index contributed by atoms with van der Waals surface area (Å²) in [7, 11) is -3.31. The van der Waals surface area contributed by atoms with Crippen LogP contribution in [0.1, 0.15) is 33.3 Å². The summed E-state index contributed by atoms with van der Waals surface area (Å²) in [5.74, 6) is 0.940. The average Bonchev–Trinajstić information content (AvgIpc) is 3.10. The van der Waals surface area contributed by atoms with Gasteiger partial charge in [0.05, 0.1) is 16.7 Å². The summed E-state index contributed by atoms with van der Waals surface area (Å²) < 4.78 is 37.2. The quantitative estimate of drug-likeness (QED) is 0.265. The molecule has 1 N–H and O–H groups in total. The van der Waals surface area contributed by atoms with Crippen molar-refractivity contribution in [2.75, 3.05) is 18.2 Å². The minimum atomic E-state index is -3.31. The fraction of sp³-hybridized carbons (Fsp3) is 0.200. The Kier molecular flexibility index (Phi) is 6.82. The van der Waals surface area contributed by atoms with E-state index in [4.69, 9.17) is 32.7 Å². The Balaban J connectivity index is 1.41. The predicted molar refractivity (Wildman–Crippen MR) is 143 cm³/mol. The van der Waals surface area contributed by atoms with Crippen LogP contribution in [0, 0.1) is 0 Å². The minimum Gasteiger partial charge on any atom is -0.493 e. The number of ether oxygens (including phenoxy) is 2. The van der Waals surface area contributed by atoms with Gasteiger partial charge in [0, 0.05) is 33.3 Å². The standard InChI is InChI=1S/C25H20Cl2N2O5S2/c1-36(31,32)22-3-2-8-33-19-13-20-14(9-18(19)22)10-21(35-20)25(30)28-16-11-23(27)29-24(12-16)34-17-6-4-15(26)5-7-17/h4-7,9-13,22H,2-3,8H2,1H3,(H,28,29,30). The second kappa shape index (κ2) is 9.89. The number of rotatable bonds is 5. The maximum absolute atomic E-state index is 13.1. The van der Waals surface area contributed by atoms with Gasteiger partial charge in [-0.3, -0.25) is 4.79 Å². The molecule has 0 saturated carbocycles. The number of nitrogens with zero attached hydrogens (tertiary/aromatic N) is 1. The molecule has 36 heavy (non-hydrogen) atoms. The van der Waals surface area contributed by atoms with Crippen molar-refractivity contribution in [3.8, 4) is 17.4 Å². The molecule has 0 aliphatic carbocycles. The number of halogens is 2. The first-order valence-corrected chi connectivity index (χ1v) is 14.5. The Hall–Kier alpha value is -2.85. The summed E-state index contributed by atoms with van der Waals surface area (Å²) >= 11 is 13.3. The fourth-order valence-corrected chi connectivity index (χ4v) is 6.57. The highest BCUT2D eigenvalue weighted by Crippen LogP contribution is 2.41. The van der Waals surface area contributed by atoms with Crippen molar-refractivity contribution >= 4 is 66.1 Å². The molecule has 0 bridgehead atoms. The number of fused-ring (bicyclic) bond motifs is 2. The Labute approximate surface area is 221 Å². The van der Waals surface area contributed by atoms with Crippen LogP contribution in [0.15, 0.2) is 54.6 Å². The maximum atomic E-state index is 13.1. The van der Waals surface area contributed by atoms with Crippen LogP contribution < -0.4 is 14.8 Å². The number of carbonyl (C=O) groups is 1. The van der Waals surface area contributed by atoms with E-state index >= 15 is 0 Å². The molecule has 0 spiro atoms. The fourth-order valence-electron chi connectivity index (χ4n) is 4.04. The number of pyridine rings is 1. The second-order valence-corrected chi connectivity index (χ2v) is 12.5. The number of amides is 1. The molecule has 0 fully saturated rings. The van der Waals surface area contributed by atoms with E-state index in [1.807, 2.05) is 12.1 Å². The van der Waals surface area contributed by atoms with E-state index < -0.39 is 15.1 Å². The lowest BCUT2D eigenvalue weighted by Crippen LogP contribution is -2.11. The SMILES string of the molecule is CS(=O)(=O)C1CCCOc2cc3sc(C(=O)Nc4cc(Cl)nc(Oc5ccc(Cl)cc5)c4)cc3cc21. The summed E-state index contributed by atoms with van der Waals surface area (Å²) in [6.45, 7) is 0.451. The second-order valence-electron chi connectivity index (χ2n) is 8.37. The first kappa shape index (κ1) is 24.8. The van der Waals surface area contributed by atoms with Gasteiger partial charge < -0.3 is 14.8 Å². The number of hydrogen-bond acceptors (Lipinski definition) is 7. The van der Waals surface area contributed by atoms with E-state index in [2.05, 4.69) is 10.3 Å². The largest absolute Gasteiger partial charge is 0.493 e. The van der Waals surface area contributed by atoms with Crippen LogP contribution >= 0.6 is 34.5 Å². The molecule has 2 aromatic carbocycles. The first-order valence-electron chi connectivity index (χ1n) is 11.0. The van der Waals surface area contributed by atoms with Crippen LogP contribution in [0.3, 0.4) is 0 Å². The molecular weight excluding hydrogens is 543 g/mol. The van der Waals surface area contributed by atoms with Gasteiger partial charge in [-0.1, -0.05) is 23.2 Å². The van der Waals surface area contributed by atoms with Gasteiger partial charge in [-0.15, -0.1) is 11.3 Å². The molecule has 3 heterocycles. The number of carbonyl (C=O) groups excluding carboxylic acids is 1. The Morgan fingerprint density at radius 3 is 2.67 bits per heavy atom. The van der Waals surface area contributed by atoms with Crippen LogP contribution in [0.4, 0.5) is 5.69 Å². The lowest BCUT2D eigenvalue weighted by molar-refractivity contribution is 0.103. The molecule has 0 saturated heterocycles. The van der Waals surface area contributed by atoms with Crippen LogP contribution in [0.25, 0.3) is 10.1 Å². The molecule has 0 radical (unpaired) electrons. The van der Waals surface area contributed by atoms with E-state index in [9.17, 15) is 13.2 Å². The number of sulfone groups is 1. The first-order chi connectivity index (χ1) is 17.2. The molecule has 1 unspecified atom stereocenters. The van der Waals surface area contributed by atoms with Crippen molar-refractivity contribution in [2.24, 2.45) is 0 Å². The summed E-state index contributed by atoms with van der Waals surface area (Å²) in [6.07, 6.45) is 2.40. The highest BCUT2D eigenvalue weighted by molar-refractivity contribution is 7.90. The van der Waals surface area contributed by atoms with E-state index in [0.29, 0.717) is 52.1 Å². The van der Waals surface area contributed by atoms with E-state index in [-0.39, 0.29) is 16.9 Å². The molecule has 2 aromatic heterocycles. The molecule has 1 aliphatic rings. The number of aromatic nitrogens is 1. The molecule has 186 valence electrons. The van der Waals surface area contributed by atoms with Crippen LogP contribution in [-0.4, -0.2) is 32.2 Å². The molecule has 1 amide bonds. The van der Waals surface area contributed by atoms with Crippen molar-refractivity contribution in [3.05, 3.63) is 75.2 Å². The van der Waals surface area contributed by atoms with Gasteiger partial charge in [-0.2, -0.15) is 0 Å². The van der Waals surface area contributed by atoms with Crippen LogP contribution in [-0.2, 0) is 9.84 Å². The number of nitrogens with one attached hydrogen (secondary N) is 1. The molecular formula is C25H20Cl2N2O5S2. The normalized spacial score (nSPS) is 15.6. The summed E-state index contributed by atoms with van der Waals surface area (Å²) in [5.41, 5.74) is 1.05. The Morgan fingerprint density at radius 1 is 1.14 bits per heavy atom. The topological polar surface area (TPSA) is 94.6 Å². The smallest absolute Gasteiger partial charge is 0.265 e. The Bertz CT molecular complexity index is 1570. The minimum absolute atomic E-state index is 0.154. The van der Waals surface area contributed by atoms with Crippen molar-refractivity contribution in [1.29, 1.82) is 0 Å². The monoisotopic (exact) mass is 562 g/mol. The number of benzene rings is 2. The molecule has 7 nitrogen and oxygen atoms in total. The summed E-state index contributed by atoms with van der Waals surface area (Å²) in [5, 5.41) is 3.71. The lowest BCUT2D eigenvalue weighted by Gasteiger charge is -2.14. The Morgan fingerprint density at radius 2 is 1.92 bits per heavy atom. The summed E-state index contributed by atoms with van der Waals surface area (Å²) in [6, 6.07) is 15.2. The van der Waals surface area contributed by atoms with Crippen molar-refractivity contribution in [2.45, 2.75) is 18.1 Å². The average molecular weight is 563 g/mol. The van der Waals surface area contributed by atoms with Gasteiger partial charge in [-0.25, -0.2) is 13.4 Å². The van der Waals surface area contributed by atoms with Crippen LogP contribution in [0.5, 0.6) is 17.4 Å². The number of thiophene rings is 1. The third-order valence-corrected chi connectivity index (χ3v) is 8.73. The van der Waals surface area contributed by atoms with Gasteiger partial charge in [0.2, 0.25) is 5.88 Å². The van der Waals surface area contributed by atoms with Crippen molar-refractivity contribution < 1.29 is 22.7 Å². The third-order valence-electron chi connectivity index (χ3n) is 5.67. The van der Waals surface area contributed by atoms with Gasteiger partial charge >= 0.3 is 0 Å². The number of anilines is 1. The summed E-state index contributed by atoms with van der Waals surface area (Å²) in [4.78, 5) is 17.7. The van der Waals surface area contributed by atoms with Gasteiger partial charge in [0.1, 0.15) is 16.7 Å².